The van der Waals surface area contributed by atoms with E-state index in [2.05, 4.69) is 31.0 Å². The molecule has 0 bridgehead atoms. The van der Waals surface area contributed by atoms with Gasteiger partial charge in [-0.25, -0.2) is 19.8 Å². The summed E-state index contributed by atoms with van der Waals surface area (Å²) < 4.78 is 5.09. The number of hydrogen-bond acceptors (Lipinski definition) is 7. The van der Waals surface area contributed by atoms with E-state index in [0.29, 0.717) is 29.5 Å². The lowest BCUT2D eigenvalue weighted by atomic mass is 10.1. The molecule has 3 heterocycles. The first-order valence-electron chi connectivity index (χ1n) is 10.5. The second-order valence-electron chi connectivity index (χ2n) is 7.77. The highest BCUT2D eigenvalue weighted by molar-refractivity contribution is 6.14. The Labute approximate surface area is 191 Å². The number of hydrogen-bond donors (Lipinski definition) is 3. The maximum absolute atomic E-state index is 12.6. The van der Waals surface area contributed by atoms with Crippen LogP contribution in [0.25, 0.3) is 0 Å². The Hall–Kier alpha value is -4.21. The first-order chi connectivity index (χ1) is 15.9. The van der Waals surface area contributed by atoms with Gasteiger partial charge in [0.05, 0.1) is 30.6 Å². The van der Waals surface area contributed by atoms with Crippen molar-refractivity contribution < 1.29 is 14.3 Å². The molecule has 0 fully saturated rings. The molecule has 4 rings (SSSR count). The number of hydrazone groups is 1. The van der Waals surface area contributed by atoms with Gasteiger partial charge >= 0.3 is 6.03 Å². The van der Waals surface area contributed by atoms with E-state index in [1.807, 2.05) is 32.1 Å². The molecule has 0 spiro atoms. The Bertz CT molecular complexity index is 1140. The molecular formula is C23H25N7O3. The van der Waals surface area contributed by atoms with E-state index in [4.69, 9.17) is 4.74 Å². The number of rotatable bonds is 6. The fraction of sp³-hybridized carbons (Fsp3) is 0.261. The second-order valence-corrected chi connectivity index (χ2v) is 7.77. The van der Waals surface area contributed by atoms with Crippen molar-refractivity contribution >= 4 is 29.2 Å². The third-order valence-corrected chi connectivity index (χ3v) is 4.90. The largest absolute Gasteiger partial charge is 0.481 e. The highest BCUT2D eigenvalue weighted by Crippen LogP contribution is 2.18. The van der Waals surface area contributed by atoms with Crippen molar-refractivity contribution in [3.63, 3.8) is 0 Å². The number of anilines is 1. The molecule has 2 aliphatic rings. The summed E-state index contributed by atoms with van der Waals surface area (Å²) in [5.41, 5.74) is 2.39. The van der Waals surface area contributed by atoms with Gasteiger partial charge in [-0.1, -0.05) is 12.1 Å². The third-order valence-electron chi connectivity index (χ3n) is 4.90. The van der Waals surface area contributed by atoms with Crippen molar-refractivity contribution in [3.8, 4) is 5.88 Å². The van der Waals surface area contributed by atoms with Crippen molar-refractivity contribution in [3.05, 3.63) is 65.9 Å². The molecule has 0 saturated heterocycles. The standard InChI is InChI=1S/C23H25N7O3/c1-14(2)25-22(31)16-6-4-5-7-18(16)26-23(32)28-19-13-30-20(27-19)10-9-17(29-30)15-8-11-21(33-3)24-12-15/h4-12,14,19H,13H2,1-3H3,(H,25,31)(H2,26,28,32). The van der Waals surface area contributed by atoms with Crippen LogP contribution < -0.4 is 20.7 Å². The van der Waals surface area contributed by atoms with Crippen LogP contribution in [0.4, 0.5) is 10.5 Å². The van der Waals surface area contributed by atoms with Gasteiger partial charge in [-0.3, -0.25) is 4.79 Å². The van der Waals surface area contributed by atoms with Crippen LogP contribution >= 0.6 is 0 Å². The van der Waals surface area contributed by atoms with E-state index < -0.39 is 12.2 Å². The number of para-hydroxylation sites is 1. The number of fused-ring (bicyclic) bond motifs is 1. The number of amidine groups is 1. The highest BCUT2D eigenvalue weighted by atomic mass is 16.5. The Morgan fingerprint density at radius 3 is 2.70 bits per heavy atom. The number of pyridine rings is 1. The smallest absolute Gasteiger partial charge is 0.320 e. The van der Waals surface area contributed by atoms with Gasteiger partial charge in [-0.05, 0) is 44.2 Å². The number of carbonyl (C=O) groups is 2. The molecule has 0 aliphatic carbocycles. The van der Waals surface area contributed by atoms with Crippen LogP contribution in [0, 0.1) is 0 Å². The molecule has 1 unspecified atom stereocenters. The number of carbonyl (C=O) groups excluding carboxylic acids is 2. The summed E-state index contributed by atoms with van der Waals surface area (Å²) in [6.45, 7) is 4.14. The molecule has 2 aromatic rings. The topological polar surface area (TPSA) is 120 Å². The van der Waals surface area contributed by atoms with E-state index in [0.717, 1.165) is 11.3 Å². The quantitative estimate of drug-likeness (QED) is 0.628. The first-order valence-corrected chi connectivity index (χ1v) is 10.5. The Morgan fingerprint density at radius 2 is 1.97 bits per heavy atom. The van der Waals surface area contributed by atoms with Crippen molar-refractivity contribution in [2.75, 3.05) is 19.0 Å². The van der Waals surface area contributed by atoms with Gasteiger partial charge in [0.1, 0.15) is 12.0 Å². The van der Waals surface area contributed by atoms with Crippen LogP contribution in [-0.2, 0) is 0 Å². The van der Waals surface area contributed by atoms with Gasteiger partial charge < -0.3 is 20.7 Å². The van der Waals surface area contributed by atoms with Crippen LogP contribution in [0.5, 0.6) is 5.88 Å². The Kier molecular flexibility index (Phi) is 6.34. The minimum Gasteiger partial charge on any atom is -0.481 e. The maximum Gasteiger partial charge on any atom is 0.320 e. The SMILES string of the molecule is COc1ccc(C2=NN3CC(NC(=O)Nc4ccccc4C(=O)NC(C)C)N=C3C=C2)cn1. The van der Waals surface area contributed by atoms with Gasteiger partial charge in [-0.2, -0.15) is 5.10 Å². The zero-order valence-corrected chi connectivity index (χ0v) is 18.6. The predicted octanol–water partition coefficient (Wildman–Crippen LogP) is 2.36. The summed E-state index contributed by atoms with van der Waals surface area (Å²) >= 11 is 0. The summed E-state index contributed by atoms with van der Waals surface area (Å²) in [5, 5.41) is 14.7. The molecule has 3 N–H and O–H groups in total. The molecular weight excluding hydrogens is 422 g/mol. The van der Waals surface area contributed by atoms with E-state index in [-0.39, 0.29) is 11.9 Å². The molecule has 1 aromatic heterocycles. The summed E-state index contributed by atoms with van der Waals surface area (Å²) in [7, 11) is 1.56. The zero-order valence-electron chi connectivity index (χ0n) is 18.6. The van der Waals surface area contributed by atoms with Crippen LogP contribution in [0.2, 0.25) is 0 Å². The Morgan fingerprint density at radius 1 is 1.15 bits per heavy atom. The number of urea groups is 1. The molecule has 2 aliphatic heterocycles. The zero-order chi connectivity index (χ0) is 23.4. The van der Waals surface area contributed by atoms with Crippen LogP contribution in [0.1, 0.15) is 29.8 Å². The second kappa shape index (κ2) is 9.51. The summed E-state index contributed by atoms with van der Waals surface area (Å²) in [6, 6.07) is 10.0. The number of benzene rings is 1. The normalized spacial score (nSPS) is 16.6. The maximum atomic E-state index is 12.6. The third kappa shape index (κ3) is 5.17. The number of aliphatic imine (C=N–C) groups is 1. The van der Waals surface area contributed by atoms with E-state index in [9.17, 15) is 9.59 Å². The number of nitrogens with zero attached hydrogens (tertiary/aromatic N) is 4. The molecule has 0 saturated carbocycles. The van der Waals surface area contributed by atoms with Crippen LogP contribution in [0.15, 0.2) is 64.8 Å². The van der Waals surface area contributed by atoms with Gasteiger partial charge in [0.2, 0.25) is 5.88 Å². The highest BCUT2D eigenvalue weighted by Gasteiger charge is 2.27. The van der Waals surface area contributed by atoms with Crippen LogP contribution in [0.3, 0.4) is 0 Å². The molecule has 1 aromatic carbocycles. The lowest BCUT2D eigenvalue weighted by Crippen LogP contribution is -2.40. The molecule has 10 nitrogen and oxygen atoms in total. The molecule has 3 amide bonds. The molecule has 0 radical (unpaired) electrons. The lowest BCUT2D eigenvalue weighted by molar-refractivity contribution is 0.0944. The van der Waals surface area contributed by atoms with E-state index in [1.54, 1.807) is 48.6 Å². The minimum absolute atomic E-state index is 0.0155. The Balaban J connectivity index is 1.39. The van der Waals surface area contributed by atoms with Crippen molar-refractivity contribution in [1.82, 2.24) is 20.6 Å². The minimum atomic E-state index is -0.488. The van der Waals surface area contributed by atoms with Crippen molar-refractivity contribution in [2.24, 2.45) is 10.1 Å². The van der Waals surface area contributed by atoms with Gasteiger partial charge in [0.25, 0.3) is 5.91 Å². The number of aromatic nitrogens is 1. The van der Waals surface area contributed by atoms with Gasteiger partial charge in [-0.15, -0.1) is 0 Å². The number of methoxy groups -OCH3 is 1. The molecule has 33 heavy (non-hydrogen) atoms. The van der Waals surface area contributed by atoms with Crippen molar-refractivity contribution in [1.29, 1.82) is 0 Å². The van der Waals surface area contributed by atoms with Crippen LogP contribution in [-0.4, -0.2) is 59.3 Å². The van der Waals surface area contributed by atoms with Gasteiger partial charge in [0, 0.05) is 23.9 Å². The predicted molar refractivity (Wildman–Crippen MR) is 126 cm³/mol. The fourth-order valence-corrected chi connectivity index (χ4v) is 3.39. The fourth-order valence-electron chi connectivity index (χ4n) is 3.39. The number of ether oxygens (including phenoxy) is 1. The number of amides is 3. The summed E-state index contributed by atoms with van der Waals surface area (Å²) in [6.07, 6.45) is 4.90. The average molecular weight is 447 g/mol. The molecule has 10 heteroatoms. The van der Waals surface area contributed by atoms with E-state index >= 15 is 0 Å². The lowest BCUT2D eigenvalue weighted by Gasteiger charge is -2.18. The number of nitrogens with one attached hydrogen (secondary N) is 3. The average Bonchev–Trinajstić information content (AvgIpc) is 3.20. The number of allylic oxidation sites excluding steroid dienone is 1. The first kappa shape index (κ1) is 22.0. The van der Waals surface area contributed by atoms with Crippen molar-refractivity contribution in [2.45, 2.75) is 26.1 Å². The van der Waals surface area contributed by atoms with Gasteiger partial charge in [0.15, 0.2) is 0 Å². The monoisotopic (exact) mass is 447 g/mol. The molecule has 1 atom stereocenters. The summed E-state index contributed by atoms with van der Waals surface area (Å²) in [4.78, 5) is 33.7. The van der Waals surface area contributed by atoms with E-state index in [1.165, 1.54) is 0 Å². The summed E-state index contributed by atoms with van der Waals surface area (Å²) in [5.74, 6) is 0.933. The molecule has 170 valence electrons.